The molecule has 4 saturated carbocycles. The van der Waals surface area contributed by atoms with Crippen molar-refractivity contribution in [1.82, 2.24) is 19.7 Å². The van der Waals surface area contributed by atoms with Gasteiger partial charge in [-0.1, -0.05) is 64.8 Å². The highest BCUT2D eigenvalue weighted by Gasteiger charge is 2.50. The zero-order valence-corrected chi connectivity index (χ0v) is 25.8. The molecular weight excluding hydrogens is 502 g/mol. The lowest BCUT2D eigenvalue weighted by molar-refractivity contribution is 0.0459. The van der Waals surface area contributed by atoms with E-state index < -0.39 is 0 Å². The number of fused-ring (bicyclic) bond motifs is 3. The van der Waals surface area contributed by atoms with Gasteiger partial charge in [-0.15, -0.1) is 0 Å². The van der Waals surface area contributed by atoms with Crippen molar-refractivity contribution >= 4 is 5.82 Å². The molecule has 4 aliphatic carbocycles. The van der Waals surface area contributed by atoms with Gasteiger partial charge in [0.1, 0.15) is 12.1 Å². The normalized spacial score (nSPS) is 24.6. The van der Waals surface area contributed by atoms with Gasteiger partial charge < -0.3 is 4.90 Å². The Kier molecular flexibility index (Phi) is 7.82. The predicted molar refractivity (Wildman–Crippen MR) is 169 cm³/mol. The van der Waals surface area contributed by atoms with E-state index in [1.165, 1.54) is 87.5 Å². The average Bonchev–Trinajstić information content (AvgIpc) is 3.52. The third-order valence-corrected chi connectivity index (χ3v) is 11.0. The molecule has 0 saturated heterocycles. The van der Waals surface area contributed by atoms with Crippen LogP contribution in [0.5, 0.6) is 0 Å². The SMILES string of the molecule is C=C(C1CCCCC1)N(CC12CCC(c3ccc(CC)c(C)c3)(CC1)CC2)c1cc(-n2cnc(C(C)C)n2)ccn1. The standard InChI is InChI=1S/C36H49N5/c1-6-29-12-13-31(22-27(29)4)36-18-15-35(16-19-36,17-20-36)24-40(28(5)30-10-8-7-9-11-30)33-23-32(14-21-37-33)41-25-38-34(39-41)26(2)3/h12-14,21-23,25-26,30H,5-11,15-20,24H2,1-4H3. The van der Waals surface area contributed by atoms with Crippen molar-refractivity contribution in [2.24, 2.45) is 11.3 Å². The molecule has 41 heavy (non-hydrogen) atoms. The van der Waals surface area contributed by atoms with Crippen LogP contribution in [0.15, 0.2) is 55.1 Å². The number of hydrogen-bond acceptors (Lipinski definition) is 4. The minimum absolute atomic E-state index is 0.303. The third kappa shape index (κ3) is 5.49. The van der Waals surface area contributed by atoms with E-state index in [4.69, 9.17) is 16.7 Å². The third-order valence-electron chi connectivity index (χ3n) is 11.0. The summed E-state index contributed by atoms with van der Waals surface area (Å²) in [6.07, 6.45) is 19.1. The molecule has 2 heterocycles. The highest BCUT2D eigenvalue weighted by atomic mass is 15.3. The number of anilines is 1. The van der Waals surface area contributed by atoms with E-state index in [1.54, 1.807) is 5.56 Å². The number of nitrogens with zero attached hydrogens (tertiary/aromatic N) is 5. The van der Waals surface area contributed by atoms with Crippen molar-refractivity contribution in [3.8, 4) is 5.69 Å². The van der Waals surface area contributed by atoms with Crippen molar-refractivity contribution in [2.75, 3.05) is 11.4 Å². The number of benzene rings is 1. The summed E-state index contributed by atoms with van der Waals surface area (Å²) in [5.41, 5.74) is 7.53. The maximum Gasteiger partial charge on any atom is 0.153 e. The van der Waals surface area contributed by atoms with Gasteiger partial charge in [0.05, 0.1) is 5.69 Å². The highest BCUT2D eigenvalue weighted by molar-refractivity contribution is 5.52. The fourth-order valence-electron chi connectivity index (χ4n) is 8.04. The molecule has 5 nitrogen and oxygen atoms in total. The van der Waals surface area contributed by atoms with Gasteiger partial charge in [-0.25, -0.2) is 14.6 Å². The molecule has 0 spiro atoms. The molecule has 4 aliphatic rings. The van der Waals surface area contributed by atoms with Crippen LogP contribution in [0.3, 0.4) is 0 Å². The molecule has 0 N–H and O–H groups in total. The summed E-state index contributed by atoms with van der Waals surface area (Å²) < 4.78 is 1.90. The summed E-state index contributed by atoms with van der Waals surface area (Å²) in [7, 11) is 0. The van der Waals surface area contributed by atoms with Crippen LogP contribution in [0.1, 0.15) is 120 Å². The lowest BCUT2D eigenvalue weighted by Crippen LogP contribution is -2.49. The van der Waals surface area contributed by atoms with Crippen molar-refractivity contribution in [1.29, 1.82) is 0 Å². The van der Waals surface area contributed by atoms with E-state index in [1.807, 2.05) is 23.3 Å². The van der Waals surface area contributed by atoms with Gasteiger partial charge in [-0.05, 0) is 104 Å². The van der Waals surface area contributed by atoms with Gasteiger partial charge in [-0.2, -0.15) is 5.10 Å². The molecule has 0 unspecified atom stereocenters. The molecular formula is C36H49N5. The largest absolute Gasteiger partial charge is 0.330 e. The molecule has 7 rings (SSSR count). The van der Waals surface area contributed by atoms with Gasteiger partial charge in [0, 0.05) is 30.4 Å². The second-order valence-electron chi connectivity index (χ2n) is 13.8. The Labute approximate surface area is 247 Å². The first-order valence-electron chi connectivity index (χ1n) is 16.3. The lowest BCUT2D eigenvalue weighted by atomic mass is 9.51. The Hall–Kier alpha value is -2.95. The van der Waals surface area contributed by atoms with Crippen LogP contribution >= 0.6 is 0 Å². The van der Waals surface area contributed by atoms with Crippen LogP contribution < -0.4 is 4.90 Å². The van der Waals surface area contributed by atoms with Gasteiger partial charge >= 0.3 is 0 Å². The molecule has 5 heteroatoms. The van der Waals surface area contributed by atoms with Crippen LogP contribution in [0.2, 0.25) is 0 Å². The lowest BCUT2D eigenvalue weighted by Gasteiger charge is -2.55. The number of aromatic nitrogens is 4. The Morgan fingerprint density at radius 2 is 1.73 bits per heavy atom. The van der Waals surface area contributed by atoms with Crippen molar-refractivity contribution in [2.45, 2.75) is 116 Å². The highest BCUT2D eigenvalue weighted by Crippen LogP contribution is 2.58. The number of aryl methyl sites for hydroxylation is 2. The van der Waals surface area contributed by atoms with E-state index in [0.717, 1.165) is 30.3 Å². The predicted octanol–water partition coefficient (Wildman–Crippen LogP) is 8.85. The first-order valence-corrected chi connectivity index (χ1v) is 16.3. The molecule has 0 aliphatic heterocycles. The Balaban J connectivity index is 1.27. The van der Waals surface area contributed by atoms with E-state index in [2.05, 4.69) is 61.8 Å². The van der Waals surface area contributed by atoms with Gasteiger partial charge in [-0.3, -0.25) is 0 Å². The molecule has 3 aromatic rings. The first-order chi connectivity index (χ1) is 19.8. The fourth-order valence-corrected chi connectivity index (χ4v) is 8.04. The van der Waals surface area contributed by atoms with E-state index in [0.29, 0.717) is 22.7 Å². The molecule has 0 amide bonds. The first kappa shape index (κ1) is 28.2. The second-order valence-corrected chi connectivity index (χ2v) is 13.8. The number of pyridine rings is 1. The summed E-state index contributed by atoms with van der Waals surface area (Å²) in [4.78, 5) is 12.0. The number of hydrogen-bond donors (Lipinski definition) is 0. The Morgan fingerprint density at radius 3 is 2.37 bits per heavy atom. The number of allylic oxidation sites excluding steroid dienone is 1. The van der Waals surface area contributed by atoms with Crippen molar-refractivity contribution in [3.63, 3.8) is 0 Å². The number of rotatable bonds is 9. The molecule has 2 bridgehead atoms. The molecule has 2 aromatic heterocycles. The van der Waals surface area contributed by atoms with Crippen LogP contribution in [0.4, 0.5) is 5.82 Å². The summed E-state index contributed by atoms with van der Waals surface area (Å²) in [5.74, 6) is 2.74. The maximum atomic E-state index is 4.96. The summed E-state index contributed by atoms with van der Waals surface area (Å²) in [6, 6.07) is 11.6. The zero-order valence-electron chi connectivity index (χ0n) is 25.8. The summed E-state index contributed by atoms with van der Waals surface area (Å²) in [6.45, 7) is 14.6. The molecule has 4 fully saturated rings. The van der Waals surface area contributed by atoms with E-state index in [9.17, 15) is 0 Å². The zero-order chi connectivity index (χ0) is 28.6. The maximum absolute atomic E-state index is 4.96. The monoisotopic (exact) mass is 551 g/mol. The van der Waals surface area contributed by atoms with Crippen LogP contribution in [-0.4, -0.2) is 26.3 Å². The smallest absolute Gasteiger partial charge is 0.153 e. The fraction of sp³-hybridized carbons (Fsp3) is 0.583. The molecule has 0 radical (unpaired) electrons. The van der Waals surface area contributed by atoms with E-state index >= 15 is 0 Å². The van der Waals surface area contributed by atoms with E-state index in [-0.39, 0.29) is 0 Å². The van der Waals surface area contributed by atoms with Crippen molar-refractivity contribution in [3.05, 3.63) is 77.6 Å². The molecule has 1 aromatic carbocycles. The summed E-state index contributed by atoms with van der Waals surface area (Å²) in [5, 5.41) is 4.76. The quantitative estimate of drug-likeness (QED) is 0.266. The average molecular weight is 552 g/mol. The second kappa shape index (κ2) is 11.4. The topological polar surface area (TPSA) is 46.8 Å². The molecule has 218 valence electrons. The minimum Gasteiger partial charge on any atom is -0.330 e. The van der Waals surface area contributed by atoms with Gasteiger partial charge in [0.25, 0.3) is 0 Å². The van der Waals surface area contributed by atoms with Gasteiger partial charge in [0.2, 0.25) is 0 Å². The van der Waals surface area contributed by atoms with Crippen molar-refractivity contribution < 1.29 is 0 Å². The van der Waals surface area contributed by atoms with Crippen LogP contribution in [0, 0.1) is 18.3 Å². The minimum atomic E-state index is 0.303. The van der Waals surface area contributed by atoms with Gasteiger partial charge in [0.15, 0.2) is 5.82 Å². The van der Waals surface area contributed by atoms with Crippen LogP contribution in [0.25, 0.3) is 5.69 Å². The Morgan fingerprint density at radius 1 is 1.00 bits per heavy atom. The Bertz CT molecular complexity index is 1350. The summed E-state index contributed by atoms with van der Waals surface area (Å²) >= 11 is 0. The van der Waals surface area contributed by atoms with Crippen LogP contribution in [-0.2, 0) is 11.8 Å². The molecule has 0 atom stereocenters.